The van der Waals surface area contributed by atoms with Gasteiger partial charge in [-0.2, -0.15) is 0 Å². The summed E-state index contributed by atoms with van der Waals surface area (Å²) in [5.41, 5.74) is 0.186. The van der Waals surface area contributed by atoms with Crippen LogP contribution in [0.5, 0.6) is 0 Å². The van der Waals surface area contributed by atoms with Crippen LogP contribution in [0, 0.1) is 0 Å². The van der Waals surface area contributed by atoms with Crippen molar-refractivity contribution in [3.63, 3.8) is 0 Å². The van der Waals surface area contributed by atoms with Gasteiger partial charge in [0.1, 0.15) is 11.6 Å². The van der Waals surface area contributed by atoms with Crippen LogP contribution < -0.4 is 5.32 Å². The van der Waals surface area contributed by atoms with E-state index in [1.165, 1.54) is 0 Å². The van der Waals surface area contributed by atoms with Crippen LogP contribution in [0.25, 0.3) is 0 Å². The molecule has 0 saturated heterocycles. The van der Waals surface area contributed by atoms with E-state index in [0.29, 0.717) is 0 Å². The maximum atomic E-state index is 11.7. The summed E-state index contributed by atoms with van der Waals surface area (Å²) in [7, 11) is 0. The van der Waals surface area contributed by atoms with E-state index in [4.69, 9.17) is 16.3 Å². The molecule has 0 unspecified atom stereocenters. The molecule has 0 atom stereocenters. The number of alkyl halides is 1. The monoisotopic (exact) mass is 275 g/mol. The number of nitrogens with one attached hydrogen (secondary N) is 1. The van der Waals surface area contributed by atoms with Gasteiger partial charge >= 0.3 is 5.97 Å². The Morgan fingerprint density at radius 2 is 2.00 bits per heavy atom. The van der Waals surface area contributed by atoms with Gasteiger partial charge in [0.05, 0.1) is 6.10 Å². The van der Waals surface area contributed by atoms with Crippen LogP contribution in [0.1, 0.15) is 46.5 Å². The second-order valence-corrected chi connectivity index (χ2v) is 4.52. The largest absolute Gasteiger partial charge is 0.458 e. The fourth-order valence-electron chi connectivity index (χ4n) is 1.29. The van der Waals surface area contributed by atoms with E-state index in [0.717, 1.165) is 25.7 Å². The molecule has 0 radical (unpaired) electrons. The second-order valence-electron chi connectivity index (χ2n) is 4.25. The maximum Gasteiger partial charge on any atom is 0.354 e. The molecule has 1 amide bonds. The zero-order valence-corrected chi connectivity index (χ0v) is 12.0. The third-order valence-electron chi connectivity index (χ3n) is 2.11. The first-order valence-electron chi connectivity index (χ1n) is 6.28. The standard InChI is InChI=1S/C13H22ClNO3/c1-4-5-6-7-8-11(15-12(16)9-14)13(17)18-10(2)3/h8,10H,4-7,9H2,1-3H3,(H,15,16)/b11-8-. The molecule has 0 saturated carbocycles. The molecule has 1 N–H and O–H groups in total. The minimum Gasteiger partial charge on any atom is -0.458 e. The molecule has 0 rings (SSSR count). The minimum atomic E-state index is -0.514. The van der Waals surface area contributed by atoms with Gasteiger partial charge in [0.2, 0.25) is 5.91 Å². The summed E-state index contributed by atoms with van der Waals surface area (Å²) in [6.07, 6.45) is 5.39. The van der Waals surface area contributed by atoms with Crippen molar-refractivity contribution >= 4 is 23.5 Å². The third-order valence-corrected chi connectivity index (χ3v) is 2.36. The van der Waals surface area contributed by atoms with Crippen LogP contribution in [0.2, 0.25) is 0 Å². The molecule has 0 aromatic heterocycles. The van der Waals surface area contributed by atoms with E-state index in [2.05, 4.69) is 12.2 Å². The average molecular weight is 276 g/mol. The van der Waals surface area contributed by atoms with Crippen molar-refractivity contribution in [3.8, 4) is 0 Å². The average Bonchev–Trinajstić information content (AvgIpc) is 2.31. The van der Waals surface area contributed by atoms with Crippen LogP contribution in [-0.2, 0) is 14.3 Å². The number of carbonyl (C=O) groups excluding carboxylic acids is 2. The summed E-state index contributed by atoms with van der Waals surface area (Å²) in [6, 6.07) is 0. The van der Waals surface area contributed by atoms with Gasteiger partial charge in [-0.1, -0.05) is 25.8 Å². The molecule has 0 aromatic rings. The molecule has 18 heavy (non-hydrogen) atoms. The lowest BCUT2D eigenvalue weighted by atomic mass is 10.2. The van der Waals surface area contributed by atoms with Crippen molar-refractivity contribution < 1.29 is 14.3 Å². The minimum absolute atomic E-state index is 0.179. The Hall–Kier alpha value is -1.03. The zero-order valence-electron chi connectivity index (χ0n) is 11.3. The zero-order chi connectivity index (χ0) is 14.0. The van der Waals surface area contributed by atoms with Gasteiger partial charge in [-0.3, -0.25) is 4.79 Å². The van der Waals surface area contributed by atoms with Gasteiger partial charge < -0.3 is 10.1 Å². The molecular weight excluding hydrogens is 254 g/mol. The van der Waals surface area contributed by atoms with Crippen molar-refractivity contribution in [1.82, 2.24) is 5.32 Å². The second kappa shape index (κ2) is 9.95. The van der Waals surface area contributed by atoms with Crippen molar-refractivity contribution in [2.45, 2.75) is 52.6 Å². The van der Waals surface area contributed by atoms with Crippen LogP contribution >= 0.6 is 11.6 Å². The van der Waals surface area contributed by atoms with Gasteiger partial charge in [-0.25, -0.2) is 4.79 Å². The first-order chi connectivity index (χ1) is 8.51. The first-order valence-corrected chi connectivity index (χ1v) is 6.81. The van der Waals surface area contributed by atoms with Gasteiger partial charge in [-0.05, 0) is 26.7 Å². The number of unbranched alkanes of at least 4 members (excludes halogenated alkanes) is 3. The summed E-state index contributed by atoms with van der Waals surface area (Å²) >= 11 is 5.40. The molecule has 104 valence electrons. The van der Waals surface area contributed by atoms with Gasteiger partial charge in [0.15, 0.2) is 0 Å². The topological polar surface area (TPSA) is 55.4 Å². The number of amides is 1. The summed E-state index contributed by atoms with van der Waals surface area (Å²) in [5, 5.41) is 2.46. The van der Waals surface area contributed by atoms with E-state index in [-0.39, 0.29) is 17.7 Å². The van der Waals surface area contributed by atoms with Gasteiger partial charge in [0.25, 0.3) is 0 Å². The van der Waals surface area contributed by atoms with E-state index >= 15 is 0 Å². The Bertz CT molecular complexity index is 301. The molecule has 0 aliphatic rings. The van der Waals surface area contributed by atoms with E-state index in [1.54, 1.807) is 19.9 Å². The van der Waals surface area contributed by atoms with Crippen molar-refractivity contribution in [2.75, 3.05) is 5.88 Å². The first kappa shape index (κ1) is 17.0. The Morgan fingerprint density at radius 1 is 1.33 bits per heavy atom. The van der Waals surface area contributed by atoms with Crippen molar-refractivity contribution in [2.24, 2.45) is 0 Å². The van der Waals surface area contributed by atoms with E-state index in [1.807, 2.05) is 0 Å². The summed E-state index contributed by atoms with van der Waals surface area (Å²) in [4.78, 5) is 22.9. The molecule has 0 aliphatic carbocycles. The molecule has 4 nitrogen and oxygen atoms in total. The van der Waals surface area contributed by atoms with Crippen LogP contribution in [0.4, 0.5) is 0 Å². The number of ether oxygens (including phenoxy) is 1. The molecule has 0 heterocycles. The number of hydrogen-bond donors (Lipinski definition) is 1. The summed E-state index contributed by atoms with van der Waals surface area (Å²) in [5.74, 6) is -1.10. The molecule has 0 spiro atoms. The quantitative estimate of drug-likeness (QED) is 0.321. The van der Waals surface area contributed by atoms with Crippen LogP contribution in [-0.4, -0.2) is 23.9 Å². The predicted octanol–water partition coefficient (Wildman–Crippen LogP) is 2.76. The number of rotatable bonds is 8. The smallest absolute Gasteiger partial charge is 0.354 e. The highest BCUT2D eigenvalue weighted by Crippen LogP contribution is 2.05. The number of halogens is 1. The normalized spacial score (nSPS) is 11.5. The summed E-state index contributed by atoms with van der Waals surface area (Å²) in [6.45, 7) is 5.62. The highest BCUT2D eigenvalue weighted by Gasteiger charge is 2.14. The summed E-state index contributed by atoms with van der Waals surface area (Å²) < 4.78 is 5.05. The number of esters is 1. The van der Waals surface area contributed by atoms with Crippen LogP contribution in [0.15, 0.2) is 11.8 Å². The van der Waals surface area contributed by atoms with Crippen LogP contribution in [0.3, 0.4) is 0 Å². The highest BCUT2D eigenvalue weighted by atomic mass is 35.5. The SMILES string of the molecule is CCCCC/C=C(\NC(=O)CCl)C(=O)OC(C)C. The van der Waals surface area contributed by atoms with Gasteiger partial charge in [0, 0.05) is 0 Å². The molecule has 0 aromatic carbocycles. The van der Waals surface area contributed by atoms with E-state index < -0.39 is 11.9 Å². The Kier molecular flexibility index (Phi) is 9.38. The van der Waals surface area contributed by atoms with Gasteiger partial charge in [-0.15, -0.1) is 11.6 Å². The van der Waals surface area contributed by atoms with E-state index in [9.17, 15) is 9.59 Å². The fraction of sp³-hybridized carbons (Fsp3) is 0.692. The fourth-order valence-corrected chi connectivity index (χ4v) is 1.35. The molecule has 0 aliphatic heterocycles. The Balaban J connectivity index is 4.49. The maximum absolute atomic E-state index is 11.7. The lowest BCUT2D eigenvalue weighted by molar-refractivity contribution is -0.143. The lowest BCUT2D eigenvalue weighted by Crippen LogP contribution is -2.30. The number of carbonyl (C=O) groups is 2. The lowest BCUT2D eigenvalue weighted by Gasteiger charge is -2.11. The predicted molar refractivity (Wildman–Crippen MR) is 72.3 cm³/mol. The third kappa shape index (κ3) is 8.12. The molecule has 0 bridgehead atoms. The molecule has 0 fully saturated rings. The van der Waals surface area contributed by atoms with Crippen molar-refractivity contribution in [1.29, 1.82) is 0 Å². The highest BCUT2D eigenvalue weighted by molar-refractivity contribution is 6.27. The molecule has 5 heteroatoms. The van der Waals surface area contributed by atoms with Crippen molar-refractivity contribution in [3.05, 3.63) is 11.8 Å². The Morgan fingerprint density at radius 3 is 2.50 bits per heavy atom. The number of allylic oxidation sites excluding steroid dienone is 1. The Labute approximate surface area is 114 Å². The molecular formula is C13H22ClNO3. The number of hydrogen-bond acceptors (Lipinski definition) is 3.